The number of halogens is 6. The van der Waals surface area contributed by atoms with Crippen molar-refractivity contribution in [2.24, 2.45) is 0 Å². The van der Waals surface area contributed by atoms with Gasteiger partial charge in [0.25, 0.3) is 5.91 Å². The van der Waals surface area contributed by atoms with Gasteiger partial charge in [-0.1, -0.05) is 24.3 Å². The molecule has 2 saturated heterocycles. The third kappa shape index (κ3) is 4.24. The van der Waals surface area contributed by atoms with Crippen molar-refractivity contribution < 1.29 is 35.9 Å². The van der Waals surface area contributed by atoms with Crippen LogP contribution < -0.4 is 4.90 Å². The molecule has 0 aromatic heterocycles. The average Bonchev–Trinajstić information content (AvgIpc) is 3.35. The molecule has 0 bridgehead atoms. The number of fused-ring (bicyclic) bond motifs is 3. The summed E-state index contributed by atoms with van der Waals surface area (Å²) in [5, 5.41) is 0. The van der Waals surface area contributed by atoms with Crippen LogP contribution in [0.25, 0.3) is 0 Å². The highest BCUT2D eigenvalue weighted by Gasteiger charge is 2.57. The smallest absolute Gasteiger partial charge is 0.372 e. The minimum Gasteiger partial charge on any atom is -0.372 e. The van der Waals surface area contributed by atoms with Gasteiger partial charge in [-0.25, -0.2) is 13.2 Å². The first kappa shape index (κ1) is 27.3. The predicted molar refractivity (Wildman–Crippen MR) is 132 cm³/mol. The monoisotopic (exact) mass is 553 g/mol. The zero-order valence-electron chi connectivity index (χ0n) is 21.7. The molecule has 0 N–H and O–H groups in total. The van der Waals surface area contributed by atoms with Gasteiger partial charge in [-0.15, -0.1) is 0 Å². The van der Waals surface area contributed by atoms with E-state index in [4.69, 9.17) is 0 Å². The van der Waals surface area contributed by atoms with Crippen LogP contribution in [0.3, 0.4) is 0 Å². The number of nitrogens with zero attached hydrogens (tertiary/aromatic N) is 3. The topological polar surface area (TPSA) is 43.9 Å². The van der Waals surface area contributed by atoms with Gasteiger partial charge in [0.2, 0.25) is 11.6 Å². The van der Waals surface area contributed by atoms with Crippen LogP contribution in [-0.4, -0.2) is 73.2 Å². The average molecular weight is 554 g/mol. The molecule has 2 amide bonds. The second-order valence-corrected chi connectivity index (χ2v) is 11.0. The Bertz CT molecular complexity index is 1310. The molecule has 3 unspecified atom stereocenters. The van der Waals surface area contributed by atoms with Crippen molar-refractivity contribution in [3.63, 3.8) is 0 Å². The molecule has 3 heterocycles. The molecule has 11 heteroatoms. The number of likely N-dealkylation sites (tertiary alicyclic amines) is 2. The van der Waals surface area contributed by atoms with Gasteiger partial charge < -0.3 is 14.7 Å². The molecular formula is C28H29F6N3O2. The fourth-order valence-electron chi connectivity index (χ4n) is 6.47. The standard InChI is InChI=1S/C28H29F6N3O2/c1-26(31,28(32,33)34)17-7-8-19-21(12-17)35(2)15-23-27(19,14-16-5-4-6-18(29)11-16)9-10-37(23)25(39)22-13-20(30)24(38)36(22)3/h4-8,11-12,20,22-23H,9-10,13-15H2,1-3H3/t20-,22-,23?,26?,27?/m0/s1. The second kappa shape index (κ2) is 9.16. The van der Waals surface area contributed by atoms with Gasteiger partial charge in [-0.3, -0.25) is 9.59 Å². The zero-order chi connectivity index (χ0) is 28.5. The molecule has 2 aromatic carbocycles. The van der Waals surface area contributed by atoms with E-state index in [1.807, 2.05) is 0 Å². The summed E-state index contributed by atoms with van der Waals surface area (Å²) in [7, 11) is 3.04. The Balaban J connectivity index is 1.60. The molecule has 0 radical (unpaired) electrons. The predicted octanol–water partition coefficient (Wildman–Crippen LogP) is 4.67. The summed E-state index contributed by atoms with van der Waals surface area (Å²) in [6, 6.07) is 8.32. The SMILES string of the molecule is CN1CC2N(C(=O)[C@@H]3C[C@H](F)C(=O)N3C)CCC2(Cc2cccc(F)c2)c2ccc(C(C)(F)C(F)(F)F)cc21. The number of benzene rings is 2. The highest BCUT2D eigenvalue weighted by atomic mass is 19.4. The van der Waals surface area contributed by atoms with Crippen molar-refractivity contribution in [1.29, 1.82) is 0 Å². The Morgan fingerprint density at radius 2 is 1.82 bits per heavy atom. The van der Waals surface area contributed by atoms with E-state index >= 15 is 0 Å². The van der Waals surface area contributed by atoms with E-state index in [1.54, 1.807) is 29.0 Å². The van der Waals surface area contributed by atoms with Crippen LogP contribution in [0.1, 0.15) is 36.5 Å². The summed E-state index contributed by atoms with van der Waals surface area (Å²) in [6.45, 7) is 0.943. The van der Waals surface area contributed by atoms with E-state index in [1.165, 1.54) is 31.3 Å². The Kier molecular flexibility index (Phi) is 6.42. The summed E-state index contributed by atoms with van der Waals surface area (Å²) in [5.41, 5.74) is -3.27. The largest absolute Gasteiger partial charge is 0.426 e. The van der Waals surface area contributed by atoms with Crippen LogP contribution in [0, 0.1) is 5.82 Å². The van der Waals surface area contributed by atoms with E-state index in [9.17, 15) is 35.9 Å². The van der Waals surface area contributed by atoms with E-state index < -0.39 is 58.7 Å². The van der Waals surface area contributed by atoms with Crippen LogP contribution >= 0.6 is 0 Å². The number of rotatable bonds is 4. The van der Waals surface area contributed by atoms with Crippen LogP contribution in [0.5, 0.6) is 0 Å². The highest BCUT2D eigenvalue weighted by Crippen LogP contribution is 2.52. The molecule has 210 valence electrons. The fraction of sp³-hybridized carbons (Fsp3) is 0.500. The first-order chi connectivity index (χ1) is 18.2. The Morgan fingerprint density at radius 3 is 2.44 bits per heavy atom. The van der Waals surface area contributed by atoms with Crippen molar-refractivity contribution in [2.75, 3.05) is 32.1 Å². The minimum atomic E-state index is -5.12. The first-order valence-corrected chi connectivity index (χ1v) is 12.7. The lowest BCUT2D eigenvalue weighted by atomic mass is 9.67. The molecule has 2 aromatic rings. The van der Waals surface area contributed by atoms with Crippen LogP contribution in [0.15, 0.2) is 42.5 Å². The normalized spacial score (nSPS) is 28.4. The molecule has 5 rings (SSSR count). The molecule has 0 saturated carbocycles. The van der Waals surface area contributed by atoms with Crippen molar-refractivity contribution in [1.82, 2.24) is 9.80 Å². The fourth-order valence-corrected chi connectivity index (χ4v) is 6.47. The van der Waals surface area contributed by atoms with E-state index in [0.29, 0.717) is 30.2 Å². The maximum absolute atomic E-state index is 14.9. The Morgan fingerprint density at radius 1 is 1.10 bits per heavy atom. The Labute approximate surface area is 222 Å². The number of anilines is 1. The van der Waals surface area contributed by atoms with Crippen molar-refractivity contribution in [3.8, 4) is 0 Å². The lowest BCUT2D eigenvalue weighted by molar-refractivity contribution is -0.228. The van der Waals surface area contributed by atoms with E-state index in [-0.39, 0.29) is 25.9 Å². The molecule has 5 nitrogen and oxygen atoms in total. The summed E-state index contributed by atoms with van der Waals surface area (Å²) in [4.78, 5) is 30.2. The quantitative estimate of drug-likeness (QED) is 0.517. The maximum Gasteiger partial charge on any atom is 0.426 e. The molecule has 39 heavy (non-hydrogen) atoms. The lowest BCUT2D eigenvalue weighted by Gasteiger charge is -2.48. The highest BCUT2D eigenvalue weighted by molar-refractivity contribution is 5.93. The molecule has 0 spiro atoms. The van der Waals surface area contributed by atoms with Gasteiger partial charge in [0.15, 0.2) is 6.17 Å². The molecule has 3 aliphatic heterocycles. The molecule has 0 aliphatic carbocycles. The molecular weight excluding hydrogens is 524 g/mol. The second-order valence-electron chi connectivity index (χ2n) is 11.0. The van der Waals surface area contributed by atoms with Gasteiger partial charge in [-0.2, -0.15) is 13.2 Å². The van der Waals surface area contributed by atoms with E-state index in [0.717, 1.165) is 11.0 Å². The number of carbonyl (C=O) groups is 2. The van der Waals surface area contributed by atoms with Gasteiger partial charge in [-0.05, 0) is 49.1 Å². The number of hydrogen-bond acceptors (Lipinski definition) is 3. The Hall–Kier alpha value is -3.24. The number of carbonyl (C=O) groups excluding carboxylic acids is 2. The van der Waals surface area contributed by atoms with Crippen molar-refractivity contribution in [2.45, 2.75) is 61.7 Å². The number of alkyl halides is 5. The molecule has 2 fully saturated rings. The first-order valence-electron chi connectivity index (χ1n) is 12.7. The summed E-state index contributed by atoms with van der Waals surface area (Å²) >= 11 is 0. The summed E-state index contributed by atoms with van der Waals surface area (Å²) in [6.07, 6.45) is -6.46. The third-order valence-corrected chi connectivity index (χ3v) is 8.77. The van der Waals surface area contributed by atoms with Gasteiger partial charge in [0.05, 0.1) is 6.04 Å². The van der Waals surface area contributed by atoms with Gasteiger partial charge in [0.1, 0.15) is 11.9 Å². The number of likely N-dealkylation sites (N-methyl/N-ethyl adjacent to an activating group) is 2. The lowest BCUT2D eigenvalue weighted by Crippen LogP contribution is -2.58. The summed E-state index contributed by atoms with van der Waals surface area (Å²) < 4.78 is 83.8. The zero-order valence-corrected chi connectivity index (χ0v) is 21.7. The molecule has 3 aliphatic rings. The van der Waals surface area contributed by atoms with E-state index in [2.05, 4.69) is 0 Å². The minimum absolute atomic E-state index is 0.204. The van der Waals surface area contributed by atoms with Crippen molar-refractivity contribution in [3.05, 3.63) is 65.0 Å². The van der Waals surface area contributed by atoms with Gasteiger partial charge in [0, 0.05) is 50.3 Å². The number of hydrogen-bond donors (Lipinski definition) is 0. The van der Waals surface area contributed by atoms with Crippen LogP contribution in [0.4, 0.5) is 32.0 Å². The number of amides is 2. The van der Waals surface area contributed by atoms with Crippen LogP contribution in [-0.2, 0) is 27.1 Å². The van der Waals surface area contributed by atoms with Crippen LogP contribution in [0.2, 0.25) is 0 Å². The summed E-state index contributed by atoms with van der Waals surface area (Å²) in [5.74, 6) is -1.61. The third-order valence-electron chi connectivity index (χ3n) is 8.77. The van der Waals surface area contributed by atoms with Gasteiger partial charge >= 0.3 is 6.18 Å². The molecule has 5 atom stereocenters. The maximum atomic E-state index is 14.9. The van der Waals surface area contributed by atoms with Crippen molar-refractivity contribution >= 4 is 17.5 Å².